The maximum absolute atomic E-state index is 3.55. The van der Waals surface area contributed by atoms with Crippen LogP contribution in [0.1, 0.15) is 23.6 Å². The summed E-state index contributed by atoms with van der Waals surface area (Å²) in [5.41, 5.74) is 5.23. The van der Waals surface area contributed by atoms with Gasteiger partial charge in [-0.3, -0.25) is 0 Å². The third kappa shape index (κ3) is 4.03. The molecular formula is C17H21NS. The smallest absolute Gasteiger partial charge is 0.0481 e. The number of aryl methyl sites for hydroxylation is 2. The summed E-state index contributed by atoms with van der Waals surface area (Å²) >= 11 is 1.88. The number of rotatable bonds is 5. The molecule has 1 nitrogen and oxygen atoms in total. The molecule has 2 aromatic rings. The lowest BCUT2D eigenvalue weighted by Crippen LogP contribution is -2.01. The van der Waals surface area contributed by atoms with E-state index in [-0.39, 0.29) is 0 Å². The Labute approximate surface area is 120 Å². The molecular weight excluding hydrogens is 250 g/mol. The third-order valence-corrected chi connectivity index (χ3v) is 3.91. The van der Waals surface area contributed by atoms with Crippen LogP contribution in [0.25, 0.3) is 0 Å². The number of nitrogens with one attached hydrogen (secondary N) is 1. The van der Waals surface area contributed by atoms with Crippen LogP contribution in [0.2, 0.25) is 0 Å². The van der Waals surface area contributed by atoms with Crippen LogP contribution in [0.3, 0.4) is 0 Å². The number of hydrogen-bond donors (Lipinski definition) is 1. The standard InChI is InChI=1S/C17H21NS/c1-4-19-17-8-6-5-7-16(17)18-12-15-10-13(2)9-14(3)11-15/h5-11,18H,4,12H2,1-3H3. The fourth-order valence-electron chi connectivity index (χ4n) is 2.26. The van der Waals surface area contributed by atoms with Crippen LogP contribution >= 0.6 is 11.8 Å². The third-order valence-electron chi connectivity index (χ3n) is 2.95. The minimum absolute atomic E-state index is 0.879. The van der Waals surface area contributed by atoms with E-state index in [1.165, 1.54) is 27.3 Å². The van der Waals surface area contributed by atoms with Gasteiger partial charge in [-0.2, -0.15) is 0 Å². The Kier molecular flexibility index (Phi) is 4.92. The Morgan fingerprint density at radius 1 is 1.00 bits per heavy atom. The molecule has 0 aliphatic rings. The van der Waals surface area contributed by atoms with Gasteiger partial charge in [0.05, 0.1) is 0 Å². The van der Waals surface area contributed by atoms with Crippen molar-refractivity contribution in [3.05, 3.63) is 59.2 Å². The van der Waals surface area contributed by atoms with E-state index in [2.05, 4.69) is 68.6 Å². The molecule has 1 N–H and O–H groups in total. The lowest BCUT2D eigenvalue weighted by atomic mass is 10.1. The zero-order valence-electron chi connectivity index (χ0n) is 11.9. The van der Waals surface area contributed by atoms with Crippen molar-refractivity contribution < 1.29 is 0 Å². The van der Waals surface area contributed by atoms with Crippen LogP contribution in [-0.4, -0.2) is 5.75 Å². The fourth-order valence-corrected chi connectivity index (χ4v) is 3.04. The Morgan fingerprint density at radius 2 is 1.68 bits per heavy atom. The van der Waals surface area contributed by atoms with Gasteiger partial charge >= 0.3 is 0 Å². The highest BCUT2D eigenvalue weighted by Crippen LogP contribution is 2.27. The normalized spacial score (nSPS) is 10.5. The SMILES string of the molecule is CCSc1ccccc1NCc1cc(C)cc(C)c1. The van der Waals surface area contributed by atoms with Gasteiger partial charge in [0.15, 0.2) is 0 Å². The summed E-state index contributed by atoms with van der Waals surface area (Å²) in [5.74, 6) is 1.10. The van der Waals surface area contributed by atoms with Crippen molar-refractivity contribution in [2.24, 2.45) is 0 Å². The Morgan fingerprint density at radius 3 is 2.37 bits per heavy atom. The first-order valence-electron chi connectivity index (χ1n) is 6.72. The summed E-state index contributed by atoms with van der Waals surface area (Å²) in [7, 11) is 0. The van der Waals surface area contributed by atoms with E-state index in [4.69, 9.17) is 0 Å². The molecule has 0 heterocycles. The summed E-state index contributed by atoms with van der Waals surface area (Å²) in [4.78, 5) is 1.33. The van der Waals surface area contributed by atoms with Crippen LogP contribution in [0.15, 0.2) is 47.4 Å². The minimum atomic E-state index is 0.879. The number of anilines is 1. The van der Waals surface area contributed by atoms with E-state index in [0.717, 1.165) is 12.3 Å². The molecule has 0 saturated heterocycles. The van der Waals surface area contributed by atoms with E-state index < -0.39 is 0 Å². The largest absolute Gasteiger partial charge is 0.380 e. The Hall–Kier alpha value is -1.41. The quantitative estimate of drug-likeness (QED) is 0.766. The average Bonchev–Trinajstić information content (AvgIpc) is 2.37. The average molecular weight is 271 g/mol. The van der Waals surface area contributed by atoms with E-state index in [0.29, 0.717) is 0 Å². The van der Waals surface area contributed by atoms with Crippen molar-refractivity contribution in [2.45, 2.75) is 32.2 Å². The van der Waals surface area contributed by atoms with Gasteiger partial charge < -0.3 is 5.32 Å². The highest BCUT2D eigenvalue weighted by Gasteiger charge is 2.02. The molecule has 0 aliphatic heterocycles. The van der Waals surface area contributed by atoms with Gasteiger partial charge in [0, 0.05) is 17.1 Å². The van der Waals surface area contributed by atoms with E-state index in [1.807, 2.05) is 11.8 Å². The number of para-hydroxylation sites is 1. The zero-order chi connectivity index (χ0) is 13.7. The topological polar surface area (TPSA) is 12.0 Å². The minimum Gasteiger partial charge on any atom is -0.380 e. The van der Waals surface area contributed by atoms with Gasteiger partial charge in [-0.25, -0.2) is 0 Å². The first-order chi connectivity index (χ1) is 9.19. The Balaban J connectivity index is 2.09. The van der Waals surface area contributed by atoms with Crippen molar-refractivity contribution in [3.63, 3.8) is 0 Å². The van der Waals surface area contributed by atoms with Crippen LogP contribution in [0.5, 0.6) is 0 Å². The highest BCUT2D eigenvalue weighted by atomic mass is 32.2. The van der Waals surface area contributed by atoms with Gasteiger partial charge in [0.25, 0.3) is 0 Å². The first kappa shape index (κ1) is 14.0. The van der Waals surface area contributed by atoms with Crippen molar-refractivity contribution in [1.29, 1.82) is 0 Å². The van der Waals surface area contributed by atoms with Crippen molar-refractivity contribution in [2.75, 3.05) is 11.1 Å². The number of benzene rings is 2. The summed E-state index contributed by atoms with van der Waals surface area (Å²) in [5, 5.41) is 3.55. The molecule has 0 bridgehead atoms. The predicted octanol–water partition coefficient (Wildman–Crippen LogP) is 5.03. The fraction of sp³-hybridized carbons (Fsp3) is 0.294. The zero-order valence-corrected chi connectivity index (χ0v) is 12.7. The summed E-state index contributed by atoms with van der Waals surface area (Å²) in [6, 6.07) is 15.2. The molecule has 0 spiro atoms. The molecule has 2 heteroatoms. The maximum Gasteiger partial charge on any atom is 0.0481 e. The molecule has 0 saturated carbocycles. The van der Waals surface area contributed by atoms with Gasteiger partial charge in [0.1, 0.15) is 0 Å². The molecule has 0 fully saturated rings. The van der Waals surface area contributed by atoms with Gasteiger partial charge in [0.2, 0.25) is 0 Å². The highest BCUT2D eigenvalue weighted by molar-refractivity contribution is 7.99. The lowest BCUT2D eigenvalue weighted by molar-refractivity contribution is 1.12. The van der Waals surface area contributed by atoms with Crippen LogP contribution < -0.4 is 5.32 Å². The predicted molar refractivity (Wildman–Crippen MR) is 86.1 cm³/mol. The molecule has 0 amide bonds. The Bertz CT molecular complexity index is 528. The van der Waals surface area contributed by atoms with Crippen molar-refractivity contribution in [3.8, 4) is 0 Å². The van der Waals surface area contributed by atoms with Crippen LogP contribution in [0.4, 0.5) is 5.69 Å². The van der Waals surface area contributed by atoms with E-state index in [1.54, 1.807) is 0 Å². The van der Waals surface area contributed by atoms with Gasteiger partial charge in [-0.1, -0.05) is 48.4 Å². The maximum atomic E-state index is 3.55. The van der Waals surface area contributed by atoms with Gasteiger partial charge in [-0.15, -0.1) is 11.8 Å². The van der Waals surface area contributed by atoms with Crippen molar-refractivity contribution in [1.82, 2.24) is 0 Å². The van der Waals surface area contributed by atoms with E-state index in [9.17, 15) is 0 Å². The second kappa shape index (κ2) is 6.67. The molecule has 0 aliphatic carbocycles. The summed E-state index contributed by atoms with van der Waals surface area (Å²) < 4.78 is 0. The van der Waals surface area contributed by atoms with E-state index >= 15 is 0 Å². The molecule has 0 atom stereocenters. The molecule has 0 aromatic heterocycles. The van der Waals surface area contributed by atoms with Crippen molar-refractivity contribution >= 4 is 17.4 Å². The molecule has 2 aromatic carbocycles. The molecule has 0 unspecified atom stereocenters. The number of hydrogen-bond acceptors (Lipinski definition) is 2. The molecule has 100 valence electrons. The summed E-state index contributed by atoms with van der Waals surface area (Å²) in [6.07, 6.45) is 0. The van der Waals surface area contributed by atoms with Gasteiger partial charge in [-0.05, 0) is 37.3 Å². The van der Waals surface area contributed by atoms with Crippen LogP contribution in [-0.2, 0) is 6.54 Å². The second-order valence-electron chi connectivity index (χ2n) is 4.78. The number of thioether (sulfide) groups is 1. The molecule has 19 heavy (non-hydrogen) atoms. The second-order valence-corrected chi connectivity index (χ2v) is 6.08. The lowest BCUT2D eigenvalue weighted by Gasteiger charge is -2.12. The molecule has 2 rings (SSSR count). The molecule has 0 radical (unpaired) electrons. The summed E-state index contributed by atoms with van der Waals surface area (Å²) in [6.45, 7) is 7.37. The first-order valence-corrected chi connectivity index (χ1v) is 7.70. The monoisotopic (exact) mass is 271 g/mol. The van der Waals surface area contributed by atoms with Crippen LogP contribution in [0, 0.1) is 13.8 Å².